The van der Waals surface area contributed by atoms with Gasteiger partial charge in [-0.3, -0.25) is 4.90 Å². The standard InChI is InChI=1S/C17H32N2O/c1-4-14-11-18-16(2,3)13-19(14)12-15-7-10-17(20-15)8-5-6-9-17/h14-15,18H,4-13H2,1-3H3. The Balaban J connectivity index is 1.58. The van der Waals surface area contributed by atoms with Gasteiger partial charge in [0.25, 0.3) is 0 Å². The largest absolute Gasteiger partial charge is 0.370 e. The first-order valence-corrected chi connectivity index (χ1v) is 8.69. The van der Waals surface area contributed by atoms with Crippen molar-refractivity contribution in [2.75, 3.05) is 19.6 Å². The smallest absolute Gasteiger partial charge is 0.0710 e. The molecule has 2 saturated heterocycles. The van der Waals surface area contributed by atoms with Crippen LogP contribution in [0.1, 0.15) is 65.7 Å². The van der Waals surface area contributed by atoms with Crippen molar-refractivity contribution in [3.63, 3.8) is 0 Å². The highest BCUT2D eigenvalue weighted by molar-refractivity contribution is 4.96. The van der Waals surface area contributed by atoms with E-state index in [4.69, 9.17) is 4.74 Å². The Labute approximate surface area is 124 Å². The average Bonchev–Trinajstić information content (AvgIpc) is 3.00. The number of hydrogen-bond acceptors (Lipinski definition) is 3. The van der Waals surface area contributed by atoms with E-state index < -0.39 is 0 Å². The van der Waals surface area contributed by atoms with Crippen LogP contribution in [-0.2, 0) is 4.74 Å². The summed E-state index contributed by atoms with van der Waals surface area (Å²) in [4.78, 5) is 2.69. The lowest BCUT2D eigenvalue weighted by molar-refractivity contribution is -0.0577. The zero-order chi connectivity index (χ0) is 14.2. The van der Waals surface area contributed by atoms with Crippen LogP contribution < -0.4 is 5.32 Å². The lowest BCUT2D eigenvalue weighted by Crippen LogP contribution is -2.62. The third-order valence-electron chi connectivity index (χ3n) is 5.69. The van der Waals surface area contributed by atoms with Gasteiger partial charge in [0, 0.05) is 31.2 Å². The van der Waals surface area contributed by atoms with Crippen LogP contribution in [0, 0.1) is 0 Å². The van der Waals surface area contributed by atoms with Crippen molar-refractivity contribution in [1.29, 1.82) is 0 Å². The summed E-state index contributed by atoms with van der Waals surface area (Å²) in [5.74, 6) is 0. The summed E-state index contributed by atoms with van der Waals surface area (Å²) < 4.78 is 6.51. The Morgan fingerprint density at radius 1 is 1.20 bits per heavy atom. The number of hydrogen-bond donors (Lipinski definition) is 1. The lowest BCUT2D eigenvalue weighted by atomic mass is 9.96. The molecule has 1 N–H and O–H groups in total. The van der Waals surface area contributed by atoms with Gasteiger partial charge in [-0.2, -0.15) is 0 Å². The van der Waals surface area contributed by atoms with E-state index in [0.717, 1.165) is 19.6 Å². The summed E-state index contributed by atoms with van der Waals surface area (Å²) in [5, 5.41) is 3.68. The zero-order valence-electron chi connectivity index (χ0n) is 13.6. The summed E-state index contributed by atoms with van der Waals surface area (Å²) in [5.41, 5.74) is 0.533. The molecule has 1 spiro atoms. The quantitative estimate of drug-likeness (QED) is 0.860. The third-order valence-corrected chi connectivity index (χ3v) is 5.69. The molecule has 0 aromatic heterocycles. The Bertz CT molecular complexity index is 336. The van der Waals surface area contributed by atoms with Crippen molar-refractivity contribution in [1.82, 2.24) is 10.2 Å². The Kier molecular flexibility index (Phi) is 4.13. The molecule has 2 unspecified atom stereocenters. The van der Waals surface area contributed by atoms with Gasteiger partial charge in [-0.15, -0.1) is 0 Å². The van der Waals surface area contributed by atoms with E-state index >= 15 is 0 Å². The van der Waals surface area contributed by atoms with Crippen LogP contribution in [0.2, 0.25) is 0 Å². The van der Waals surface area contributed by atoms with E-state index in [1.54, 1.807) is 0 Å². The van der Waals surface area contributed by atoms with Crippen molar-refractivity contribution in [3.8, 4) is 0 Å². The molecule has 3 rings (SSSR count). The Hall–Kier alpha value is -0.120. The maximum Gasteiger partial charge on any atom is 0.0710 e. The first-order valence-electron chi connectivity index (χ1n) is 8.69. The summed E-state index contributed by atoms with van der Waals surface area (Å²) in [6, 6.07) is 0.687. The molecular weight excluding hydrogens is 248 g/mol. The summed E-state index contributed by atoms with van der Waals surface area (Å²) in [6.45, 7) is 10.4. The fourth-order valence-corrected chi connectivity index (χ4v) is 4.50. The fraction of sp³-hybridized carbons (Fsp3) is 1.00. The number of ether oxygens (including phenoxy) is 1. The normalized spacial score (nSPS) is 36.8. The molecule has 2 heterocycles. The second-order valence-electron chi connectivity index (χ2n) is 7.92. The van der Waals surface area contributed by atoms with Crippen LogP contribution in [0.5, 0.6) is 0 Å². The molecule has 3 nitrogen and oxygen atoms in total. The lowest BCUT2D eigenvalue weighted by Gasteiger charge is -2.45. The zero-order valence-corrected chi connectivity index (χ0v) is 13.6. The Morgan fingerprint density at radius 2 is 1.95 bits per heavy atom. The number of nitrogens with one attached hydrogen (secondary N) is 1. The van der Waals surface area contributed by atoms with Gasteiger partial charge in [-0.25, -0.2) is 0 Å². The fourth-order valence-electron chi connectivity index (χ4n) is 4.50. The molecule has 2 aliphatic heterocycles. The van der Waals surface area contributed by atoms with Gasteiger partial charge >= 0.3 is 0 Å². The first kappa shape index (κ1) is 14.8. The highest BCUT2D eigenvalue weighted by Gasteiger charge is 2.43. The van der Waals surface area contributed by atoms with E-state index in [1.807, 2.05) is 0 Å². The van der Waals surface area contributed by atoms with E-state index in [-0.39, 0.29) is 11.1 Å². The van der Waals surface area contributed by atoms with Crippen LogP contribution in [0.4, 0.5) is 0 Å². The molecule has 2 atom stereocenters. The molecule has 0 aromatic rings. The molecule has 3 aliphatic rings. The minimum atomic E-state index is 0.245. The molecule has 0 bridgehead atoms. The van der Waals surface area contributed by atoms with Crippen LogP contribution in [-0.4, -0.2) is 47.8 Å². The topological polar surface area (TPSA) is 24.5 Å². The van der Waals surface area contributed by atoms with E-state index in [0.29, 0.717) is 12.1 Å². The highest BCUT2D eigenvalue weighted by Crippen LogP contribution is 2.43. The van der Waals surface area contributed by atoms with Gasteiger partial charge in [0.15, 0.2) is 0 Å². The highest BCUT2D eigenvalue weighted by atomic mass is 16.5. The third kappa shape index (κ3) is 3.05. The van der Waals surface area contributed by atoms with Crippen molar-refractivity contribution in [3.05, 3.63) is 0 Å². The van der Waals surface area contributed by atoms with Gasteiger partial charge < -0.3 is 10.1 Å². The van der Waals surface area contributed by atoms with Crippen LogP contribution >= 0.6 is 0 Å². The van der Waals surface area contributed by atoms with Gasteiger partial charge in [0.2, 0.25) is 0 Å². The maximum atomic E-state index is 6.51. The maximum absolute atomic E-state index is 6.51. The van der Waals surface area contributed by atoms with Crippen LogP contribution in [0.3, 0.4) is 0 Å². The van der Waals surface area contributed by atoms with Crippen molar-refractivity contribution in [2.45, 2.75) is 89.0 Å². The van der Waals surface area contributed by atoms with Gasteiger partial charge in [0.05, 0.1) is 11.7 Å². The van der Waals surface area contributed by atoms with Crippen LogP contribution in [0.25, 0.3) is 0 Å². The van der Waals surface area contributed by atoms with Gasteiger partial charge in [-0.05, 0) is 46.0 Å². The van der Waals surface area contributed by atoms with Crippen molar-refractivity contribution < 1.29 is 4.74 Å². The molecule has 3 fully saturated rings. The molecule has 1 saturated carbocycles. The molecule has 3 heteroatoms. The molecule has 0 amide bonds. The molecule has 20 heavy (non-hydrogen) atoms. The molecular formula is C17H32N2O. The van der Waals surface area contributed by atoms with E-state index in [9.17, 15) is 0 Å². The second kappa shape index (κ2) is 5.58. The van der Waals surface area contributed by atoms with Crippen molar-refractivity contribution in [2.24, 2.45) is 0 Å². The SMILES string of the molecule is CCC1CNC(C)(C)CN1CC1CCC2(CCCC2)O1. The summed E-state index contributed by atoms with van der Waals surface area (Å²) >= 11 is 0. The first-order chi connectivity index (χ1) is 9.52. The predicted molar refractivity (Wildman–Crippen MR) is 83.0 cm³/mol. The number of piperazine rings is 1. The van der Waals surface area contributed by atoms with E-state index in [1.165, 1.54) is 44.9 Å². The van der Waals surface area contributed by atoms with E-state index in [2.05, 4.69) is 31.0 Å². The molecule has 0 radical (unpaired) electrons. The van der Waals surface area contributed by atoms with Gasteiger partial charge in [0.1, 0.15) is 0 Å². The summed E-state index contributed by atoms with van der Waals surface area (Å²) in [6.07, 6.45) is 9.69. The number of rotatable bonds is 3. The minimum absolute atomic E-state index is 0.245. The summed E-state index contributed by atoms with van der Waals surface area (Å²) in [7, 11) is 0. The van der Waals surface area contributed by atoms with Gasteiger partial charge in [-0.1, -0.05) is 19.8 Å². The molecule has 0 aromatic carbocycles. The molecule has 116 valence electrons. The minimum Gasteiger partial charge on any atom is -0.370 e. The van der Waals surface area contributed by atoms with Crippen LogP contribution in [0.15, 0.2) is 0 Å². The Morgan fingerprint density at radius 3 is 2.65 bits per heavy atom. The molecule has 1 aliphatic carbocycles. The number of nitrogens with zero attached hydrogens (tertiary/aromatic N) is 1. The monoisotopic (exact) mass is 280 g/mol. The second-order valence-corrected chi connectivity index (χ2v) is 7.92. The predicted octanol–water partition coefficient (Wildman–Crippen LogP) is 2.94. The average molecular weight is 280 g/mol. The van der Waals surface area contributed by atoms with Crippen molar-refractivity contribution >= 4 is 0 Å².